The van der Waals surface area contributed by atoms with Gasteiger partial charge in [0.2, 0.25) is 11.7 Å². The molecule has 4 bridgehead atoms. The first-order valence-corrected chi connectivity index (χ1v) is 10.2. The number of hydrogen-bond donors (Lipinski definition) is 3. The number of carbonyl (C=O) groups is 1. The maximum atomic E-state index is 13.2. The average molecular weight is 389 g/mol. The minimum atomic E-state index is -0.176. The number of nitriles is 1. The summed E-state index contributed by atoms with van der Waals surface area (Å²) in [6.45, 7) is 0. The molecular formula is C21H23N7O. The van der Waals surface area contributed by atoms with E-state index in [1.807, 2.05) is 30.3 Å². The number of anilines is 2. The fraction of sp³-hybridized carbons (Fsp3) is 0.476. The molecule has 3 N–H and O–H groups in total. The maximum Gasteiger partial charge on any atom is 0.230 e. The molecule has 8 heteroatoms. The number of nitrogens with one attached hydrogen (secondary N) is 3. The summed E-state index contributed by atoms with van der Waals surface area (Å²) in [5.41, 5.74) is 1.62. The van der Waals surface area contributed by atoms with Crippen molar-refractivity contribution < 1.29 is 4.79 Å². The van der Waals surface area contributed by atoms with Crippen LogP contribution in [0.5, 0.6) is 0 Å². The molecule has 0 aliphatic heterocycles. The van der Waals surface area contributed by atoms with E-state index in [0.717, 1.165) is 48.4 Å². The van der Waals surface area contributed by atoms with Crippen molar-refractivity contribution in [3.63, 3.8) is 0 Å². The van der Waals surface area contributed by atoms with Crippen LogP contribution in [0.3, 0.4) is 0 Å². The number of tetrazole rings is 1. The van der Waals surface area contributed by atoms with Gasteiger partial charge in [0.15, 0.2) is 0 Å². The van der Waals surface area contributed by atoms with E-state index in [0.29, 0.717) is 0 Å². The molecule has 148 valence electrons. The van der Waals surface area contributed by atoms with Crippen molar-refractivity contribution in [2.24, 2.45) is 23.2 Å². The van der Waals surface area contributed by atoms with Crippen LogP contribution >= 0.6 is 0 Å². The molecule has 0 spiro atoms. The van der Waals surface area contributed by atoms with Gasteiger partial charge < -0.3 is 10.6 Å². The third-order valence-electron chi connectivity index (χ3n) is 6.73. The molecule has 8 nitrogen and oxygen atoms in total. The van der Waals surface area contributed by atoms with Crippen molar-refractivity contribution in [3.8, 4) is 6.07 Å². The van der Waals surface area contributed by atoms with Crippen LogP contribution < -0.4 is 10.6 Å². The standard InChI is InChI=1S/C21H23N7O/c22-11-16(19-25-27-28-26-19)12-23-17-2-1-3-18(7-17)24-20(29)21-8-13-4-14(9-21)6-15(5-13)10-21/h1-3,7,12-15,23H,4-6,8-10H2,(H,24,29)(H,25,26,27,28). The van der Waals surface area contributed by atoms with Crippen LogP contribution in [-0.4, -0.2) is 26.5 Å². The molecule has 0 saturated heterocycles. The summed E-state index contributed by atoms with van der Waals surface area (Å²) in [4.78, 5) is 13.2. The fourth-order valence-electron chi connectivity index (χ4n) is 5.92. The molecule has 1 aromatic carbocycles. The first-order chi connectivity index (χ1) is 14.1. The topological polar surface area (TPSA) is 119 Å². The molecule has 4 aliphatic carbocycles. The van der Waals surface area contributed by atoms with E-state index in [2.05, 4.69) is 31.3 Å². The summed E-state index contributed by atoms with van der Waals surface area (Å²) in [6, 6.07) is 9.57. The van der Waals surface area contributed by atoms with Gasteiger partial charge in [-0.1, -0.05) is 6.07 Å². The van der Waals surface area contributed by atoms with Gasteiger partial charge in [-0.3, -0.25) is 4.79 Å². The highest BCUT2D eigenvalue weighted by Crippen LogP contribution is 2.60. The Labute approximate surface area is 168 Å². The minimum Gasteiger partial charge on any atom is -0.360 e. The number of benzene rings is 1. The van der Waals surface area contributed by atoms with Gasteiger partial charge in [0.1, 0.15) is 11.6 Å². The second kappa shape index (κ2) is 6.99. The van der Waals surface area contributed by atoms with Crippen molar-refractivity contribution in [1.82, 2.24) is 20.6 Å². The lowest BCUT2D eigenvalue weighted by molar-refractivity contribution is -0.140. The molecule has 4 saturated carbocycles. The van der Waals surface area contributed by atoms with Crippen LogP contribution in [0.25, 0.3) is 5.57 Å². The van der Waals surface area contributed by atoms with E-state index >= 15 is 0 Å². The fourth-order valence-corrected chi connectivity index (χ4v) is 5.92. The Morgan fingerprint density at radius 1 is 1.17 bits per heavy atom. The maximum absolute atomic E-state index is 13.2. The molecule has 2 aromatic rings. The van der Waals surface area contributed by atoms with E-state index in [-0.39, 0.29) is 22.7 Å². The lowest BCUT2D eigenvalue weighted by Gasteiger charge is -2.55. The minimum absolute atomic E-state index is 0.175. The average Bonchev–Trinajstić information content (AvgIpc) is 3.22. The van der Waals surface area contributed by atoms with Crippen molar-refractivity contribution in [3.05, 3.63) is 36.3 Å². The second-order valence-electron chi connectivity index (χ2n) is 8.78. The number of nitrogens with zero attached hydrogens (tertiary/aromatic N) is 4. The highest BCUT2D eigenvalue weighted by atomic mass is 16.2. The van der Waals surface area contributed by atoms with Crippen molar-refractivity contribution in [2.75, 3.05) is 10.6 Å². The molecular weight excluding hydrogens is 366 g/mol. The number of amides is 1. The molecule has 0 atom stereocenters. The van der Waals surface area contributed by atoms with Gasteiger partial charge in [0.25, 0.3) is 0 Å². The lowest BCUT2D eigenvalue weighted by Crippen LogP contribution is -2.51. The second-order valence-corrected chi connectivity index (χ2v) is 8.78. The monoisotopic (exact) mass is 389 g/mol. The first-order valence-electron chi connectivity index (χ1n) is 10.2. The number of H-pyrrole nitrogens is 1. The Kier molecular flexibility index (Phi) is 4.31. The number of hydrogen-bond acceptors (Lipinski definition) is 6. The van der Waals surface area contributed by atoms with Gasteiger partial charge in [-0.2, -0.15) is 10.5 Å². The summed E-state index contributed by atoms with van der Waals surface area (Å²) < 4.78 is 0. The third kappa shape index (κ3) is 3.37. The molecule has 4 fully saturated rings. The van der Waals surface area contributed by atoms with Crippen LogP contribution in [0, 0.1) is 34.5 Å². The summed E-state index contributed by atoms with van der Waals surface area (Å²) in [5.74, 6) is 2.61. The first kappa shape index (κ1) is 17.9. The smallest absolute Gasteiger partial charge is 0.230 e. The zero-order valence-electron chi connectivity index (χ0n) is 16.1. The summed E-state index contributed by atoms with van der Waals surface area (Å²) in [6.07, 6.45) is 8.62. The molecule has 0 unspecified atom stereocenters. The Morgan fingerprint density at radius 3 is 2.48 bits per heavy atom. The molecule has 29 heavy (non-hydrogen) atoms. The van der Waals surface area contributed by atoms with Crippen LogP contribution in [-0.2, 0) is 4.79 Å². The molecule has 4 aliphatic rings. The molecule has 1 aromatic heterocycles. The van der Waals surface area contributed by atoms with Crippen molar-refractivity contribution in [2.45, 2.75) is 38.5 Å². The van der Waals surface area contributed by atoms with Crippen LogP contribution in [0.1, 0.15) is 44.3 Å². The summed E-state index contributed by atoms with van der Waals surface area (Å²) >= 11 is 0. The van der Waals surface area contributed by atoms with Crippen molar-refractivity contribution in [1.29, 1.82) is 5.26 Å². The normalized spacial score (nSPS) is 30.0. The zero-order chi connectivity index (χ0) is 19.8. The van der Waals surface area contributed by atoms with E-state index in [4.69, 9.17) is 0 Å². The predicted molar refractivity (Wildman–Crippen MR) is 107 cm³/mol. The predicted octanol–water partition coefficient (Wildman–Crippen LogP) is 3.33. The zero-order valence-corrected chi connectivity index (χ0v) is 16.1. The number of aromatic amines is 1. The third-order valence-corrected chi connectivity index (χ3v) is 6.73. The van der Waals surface area contributed by atoms with Gasteiger partial charge in [-0.05, 0) is 79.7 Å². The number of allylic oxidation sites excluding steroid dienone is 1. The lowest BCUT2D eigenvalue weighted by atomic mass is 9.49. The van der Waals surface area contributed by atoms with Gasteiger partial charge in [0.05, 0.1) is 5.41 Å². The van der Waals surface area contributed by atoms with Crippen LogP contribution in [0.2, 0.25) is 0 Å². The molecule has 0 radical (unpaired) electrons. The molecule has 1 heterocycles. The number of aromatic nitrogens is 4. The van der Waals surface area contributed by atoms with E-state index < -0.39 is 0 Å². The largest absolute Gasteiger partial charge is 0.360 e. The van der Waals surface area contributed by atoms with E-state index in [1.54, 1.807) is 0 Å². The van der Waals surface area contributed by atoms with Gasteiger partial charge in [-0.15, -0.1) is 10.2 Å². The Hall–Kier alpha value is -3.21. The highest BCUT2D eigenvalue weighted by molar-refractivity contribution is 5.96. The van der Waals surface area contributed by atoms with Gasteiger partial charge in [0, 0.05) is 17.6 Å². The quantitative estimate of drug-likeness (QED) is 0.675. The molecule has 1 amide bonds. The van der Waals surface area contributed by atoms with E-state index in [9.17, 15) is 10.1 Å². The van der Waals surface area contributed by atoms with Gasteiger partial charge in [-0.25, -0.2) is 0 Å². The number of carbonyl (C=O) groups excluding carboxylic acids is 1. The Balaban J connectivity index is 1.29. The molecule has 6 rings (SSSR count). The van der Waals surface area contributed by atoms with Crippen LogP contribution in [0.4, 0.5) is 11.4 Å². The van der Waals surface area contributed by atoms with Gasteiger partial charge >= 0.3 is 0 Å². The SMILES string of the molecule is N#CC(=CNc1cccc(NC(=O)C23CC4CC(CC(C4)C2)C3)c1)c1nn[nH]n1. The number of rotatable bonds is 5. The van der Waals surface area contributed by atoms with Crippen molar-refractivity contribution >= 4 is 22.9 Å². The van der Waals surface area contributed by atoms with Crippen LogP contribution in [0.15, 0.2) is 30.5 Å². The Bertz CT molecular complexity index is 953. The van der Waals surface area contributed by atoms with E-state index in [1.165, 1.54) is 25.5 Å². The summed E-state index contributed by atoms with van der Waals surface area (Å²) in [5, 5.41) is 28.9. The summed E-state index contributed by atoms with van der Waals surface area (Å²) in [7, 11) is 0. The Morgan fingerprint density at radius 2 is 1.86 bits per heavy atom. The highest BCUT2D eigenvalue weighted by Gasteiger charge is 2.54.